The molecule has 2 aromatic rings. The number of aliphatic imine (C=N–C) groups is 1. The lowest BCUT2D eigenvalue weighted by atomic mass is 9.90. The number of alkyl halides is 3. The number of hydrogen-bond acceptors (Lipinski definition) is 1. The van der Waals surface area contributed by atoms with E-state index < -0.39 is 35.3 Å². The van der Waals surface area contributed by atoms with Crippen LogP contribution in [0.4, 0.5) is 17.6 Å². The quantitative estimate of drug-likeness (QED) is 0.504. The van der Waals surface area contributed by atoms with Crippen molar-refractivity contribution in [3.05, 3.63) is 71.0 Å². The third kappa shape index (κ3) is 5.03. The van der Waals surface area contributed by atoms with E-state index in [4.69, 9.17) is 11.5 Å². The number of nitrogens with zero attached hydrogens (tertiary/aromatic N) is 1. The average molecular weight is 353 g/mol. The molecular formula is C17H15F4N3O. The van der Waals surface area contributed by atoms with Crippen molar-refractivity contribution in [1.82, 2.24) is 0 Å². The van der Waals surface area contributed by atoms with Gasteiger partial charge in [0.15, 0.2) is 5.96 Å². The maximum atomic E-state index is 13.0. The fourth-order valence-corrected chi connectivity index (χ4v) is 2.31. The maximum Gasteiger partial charge on any atom is 0.416 e. The lowest BCUT2D eigenvalue weighted by Gasteiger charge is -2.15. The zero-order valence-electron chi connectivity index (χ0n) is 12.9. The fraction of sp³-hybridized carbons (Fsp3) is 0.176. The summed E-state index contributed by atoms with van der Waals surface area (Å²) in [6, 6.07) is 9.60. The van der Waals surface area contributed by atoms with E-state index in [0.717, 1.165) is 12.1 Å². The first kappa shape index (κ1) is 18.4. The van der Waals surface area contributed by atoms with Crippen LogP contribution in [-0.4, -0.2) is 11.9 Å². The number of carbonyl (C=O) groups is 1. The van der Waals surface area contributed by atoms with Crippen LogP contribution in [0, 0.1) is 5.82 Å². The zero-order valence-corrected chi connectivity index (χ0v) is 12.9. The average Bonchev–Trinajstić information content (AvgIpc) is 2.53. The normalized spacial score (nSPS) is 12.5. The highest BCUT2D eigenvalue weighted by molar-refractivity contribution is 5.95. The Kier molecular flexibility index (Phi) is 5.41. The maximum absolute atomic E-state index is 13.0. The van der Waals surface area contributed by atoms with E-state index in [2.05, 4.69) is 4.99 Å². The minimum Gasteiger partial charge on any atom is -0.370 e. The third-order valence-corrected chi connectivity index (χ3v) is 3.53. The van der Waals surface area contributed by atoms with Crippen LogP contribution in [0.25, 0.3) is 0 Å². The zero-order chi connectivity index (χ0) is 18.6. The van der Waals surface area contributed by atoms with Crippen LogP contribution < -0.4 is 11.5 Å². The number of carbonyl (C=O) groups excluding carboxylic acids is 1. The number of halogens is 4. The first-order valence-electron chi connectivity index (χ1n) is 7.22. The summed E-state index contributed by atoms with van der Waals surface area (Å²) in [5.74, 6) is -2.47. The van der Waals surface area contributed by atoms with Crippen LogP contribution in [0.1, 0.15) is 22.6 Å². The Morgan fingerprint density at radius 1 is 1.00 bits per heavy atom. The molecule has 2 aromatic carbocycles. The highest BCUT2D eigenvalue weighted by Gasteiger charge is 2.31. The molecule has 0 spiro atoms. The van der Waals surface area contributed by atoms with Crippen molar-refractivity contribution in [2.45, 2.75) is 18.5 Å². The molecule has 0 aromatic heterocycles. The van der Waals surface area contributed by atoms with Crippen LogP contribution in [-0.2, 0) is 17.4 Å². The molecule has 1 unspecified atom stereocenters. The van der Waals surface area contributed by atoms with Gasteiger partial charge in [-0.25, -0.2) is 4.39 Å². The Balaban J connectivity index is 2.35. The summed E-state index contributed by atoms with van der Waals surface area (Å²) in [5, 5.41) is 0. The Labute approximate surface area is 141 Å². The van der Waals surface area contributed by atoms with Gasteiger partial charge in [-0.1, -0.05) is 24.3 Å². The molecular weight excluding hydrogens is 338 g/mol. The van der Waals surface area contributed by atoms with Gasteiger partial charge in [-0.15, -0.1) is 0 Å². The number of rotatable bonds is 4. The van der Waals surface area contributed by atoms with Crippen molar-refractivity contribution < 1.29 is 22.4 Å². The summed E-state index contributed by atoms with van der Waals surface area (Å²) < 4.78 is 51.0. The molecule has 0 saturated heterocycles. The van der Waals surface area contributed by atoms with E-state index >= 15 is 0 Å². The Morgan fingerprint density at radius 3 is 2.04 bits per heavy atom. The summed E-state index contributed by atoms with van der Waals surface area (Å²) in [7, 11) is 0. The summed E-state index contributed by atoms with van der Waals surface area (Å²) >= 11 is 0. The van der Waals surface area contributed by atoms with Crippen molar-refractivity contribution in [2.24, 2.45) is 16.5 Å². The van der Waals surface area contributed by atoms with E-state index in [-0.39, 0.29) is 6.42 Å². The van der Waals surface area contributed by atoms with Crippen molar-refractivity contribution in [3.63, 3.8) is 0 Å². The van der Waals surface area contributed by atoms with Gasteiger partial charge in [0.25, 0.3) is 5.91 Å². The van der Waals surface area contributed by atoms with Crippen LogP contribution in [0.2, 0.25) is 0 Å². The summed E-state index contributed by atoms with van der Waals surface area (Å²) in [5.41, 5.74) is 10.5. The van der Waals surface area contributed by atoms with Gasteiger partial charge in [0.05, 0.1) is 11.5 Å². The molecule has 0 aliphatic heterocycles. The van der Waals surface area contributed by atoms with E-state index in [1.807, 2.05) is 0 Å². The minimum absolute atomic E-state index is 0.112. The highest BCUT2D eigenvalue weighted by atomic mass is 19.4. The van der Waals surface area contributed by atoms with Gasteiger partial charge in [0.1, 0.15) is 5.82 Å². The van der Waals surface area contributed by atoms with Gasteiger partial charge in [-0.3, -0.25) is 4.79 Å². The largest absolute Gasteiger partial charge is 0.416 e. The molecule has 1 atom stereocenters. The van der Waals surface area contributed by atoms with Gasteiger partial charge in [0, 0.05) is 0 Å². The number of amides is 1. The standard InChI is InChI=1S/C17H15F4N3O/c18-13-7-1-10(2-8-13)9-14(15(25)24-16(22)23)11-3-5-12(6-4-11)17(19,20)21/h1-8,14H,9H2,(H4,22,23,24,25). The Morgan fingerprint density at radius 2 is 1.56 bits per heavy atom. The molecule has 1 amide bonds. The predicted molar refractivity (Wildman–Crippen MR) is 85.1 cm³/mol. The lowest BCUT2D eigenvalue weighted by molar-refractivity contribution is -0.137. The molecule has 8 heteroatoms. The van der Waals surface area contributed by atoms with Gasteiger partial charge in [0.2, 0.25) is 0 Å². The van der Waals surface area contributed by atoms with Crippen molar-refractivity contribution in [1.29, 1.82) is 0 Å². The molecule has 2 rings (SSSR count). The van der Waals surface area contributed by atoms with E-state index in [9.17, 15) is 22.4 Å². The van der Waals surface area contributed by atoms with E-state index in [1.54, 1.807) is 0 Å². The number of benzene rings is 2. The second-order valence-electron chi connectivity index (χ2n) is 5.38. The molecule has 0 bridgehead atoms. The molecule has 0 heterocycles. The number of hydrogen-bond donors (Lipinski definition) is 2. The molecule has 0 saturated carbocycles. The summed E-state index contributed by atoms with van der Waals surface area (Å²) in [6.45, 7) is 0. The monoisotopic (exact) mass is 353 g/mol. The topological polar surface area (TPSA) is 81.5 Å². The summed E-state index contributed by atoms with van der Waals surface area (Å²) in [4.78, 5) is 15.7. The molecule has 0 radical (unpaired) electrons. The van der Waals surface area contributed by atoms with E-state index in [0.29, 0.717) is 11.1 Å². The SMILES string of the molecule is NC(N)=NC(=O)C(Cc1ccc(F)cc1)c1ccc(C(F)(F)F)cc1. The van der Waals surface area contributed by atoms with Gasteiger partial charge >= 0.3 is 6.18 Å². The molecule has 132 valence electrons. The minimum atomic E-state index is -4.48. The van der Waals surface area contributed by atoms with Crippen molar-refractivity contribution >= 4 is 11.9 Å². The summed E-state index contributed by atoms with van der Waals surface area (Å²) in [6.07, 6.45) is -4.36. The van der Waals surface area contributed by atoms with Gasteiger partial charge < -0.3 is 11.5 Å². The molecule has 0 aliphatic rings. The Bertz CT molecular complexity index is 764. The van der Waals surface area contributed by atoms with Crippen molar-refractivity contribution in [3.8, 4) is 0 Å². The second-order valence-corrected chi connectivity index (χ2v) is 5.38. The first-order chi connectivity index (χ1) is 11.7. The molecule has 0 fully saturated rings. The van der Waals surface area contributed by atoms with Crippen LogP contribution >= 0.6 is 0 Å². The second kappa shape index (κ2) is 7.33. The van der Waals surface area contributed by atoms with Crippen LogP contribution in [0.15, 0.2) is 53.5 Å². The third-order valence-electron chi connectivity index (χ3n) is 3.53. The van der Waals surface area contributed by atoms with Crippen molar-refractivity contribution in [2.75, 3.05) is 0 Å². The molecule has 4 nitrogen and oxygen atoms in total. The Hall–Kier alpha value is -2.90. The molecule has 25 heavy (non-hydrogen) atoms. The molecule has 0 aliphatic carbocycles. The van der Waals surface area contributed by atoms with Crippen LogP contribution in [0.3, 0.4) is 0 Å². The van der Waals surface area contributed by atoms with E-state index in [1.165, 1.54) is 36.4 Å². The van der Waals surface area contributed by atoms with Gasteiger partial charge in [-0.05, 0) is 41.8 Å². The lowest BCUT2D eigenvalue weighted by Crippen LogP contribution is -2.26. The predicted octanol–water partition coefficient (Wildman–Crippen LogP) is 2.97. The highest BCUT2D eigenvalue weighted by Crippen LogP contribution is 2.31. The van der Waals surface area contributed by atoms with Crippen LogP contribution in [0.5, 0.6) is 0 Å². The van der Waals surface area contributed by atoms with Gasteiger partial charge in [-0.2, -0.15) is 18.2 Å². The molecule has 4 N–H and O–H groups in total. The number of nitrogens with two attached hydrogens (primary N) is 2. The smallest absolute Gasteiger partial charge is 0.370 e. The fourth-order valence-electron chi connectivity index (χ4n) is 2.31. The number of guanidine groups is 1. The first-order valence-corrected chi connectivity index (χ1v) is 7.22.